The van der Waals surface area contributed by atoms with Gasteiger partial charge in [-0.2, -0.15) is 26.3 Å². The molecule has 0 unspecified atom stereocenters. The van der Waals surface area contributed by atoms with Gasteiger partial charge in [0.05, 0.1) is 28.2 Å². The molecule has 0 aliphatic heterocycles. The van der Waals surface area contributed by atoms with Gasteiger partial charge in [-0.25, -0.2) is 9.97 Å². The van der Waals surface area contributed by atoms with Gasteiger partial charge in [-0.15, -0.1) is 0 Å². The monoisotopic (exact) mass is 505 g/mol. The quantitative estimate of drug-likeness (QED) is 0.277. The van der Waals surface area contributed by atoms with Crippen molar-refractivity contribution in [2.75, 3.05) is 5.32 Å². The van der Waals surface area contributed by atoms with E-state index < -0.39 is 23.5 Å². The Balaban J connectivity index is 1.79. The van der Waals surface area contributed by atoms with Crippen molar-refractivity contribution in [2.45, 2.75) is 38.8 Å². The van der Waals surface area contributed by atoms with Crippen molar-refractivity contribution in [1.82, 2.24) is 20.3 Å². The molecule has 0 aliphatic rings. The van der Waals surface area contributed by atoms with Crippen molar-refractivity contribution in [3.05, 3.63) is 77.6 Å². The van der Waals surface area contributed by atoms with Crippen molar-refractivity contribution < 1.29 is 26.3 Å². The predicted molar refractivity (Wildman–Crippen MR) is 124 cm³/mol. The first-order chi connectivity index (χ1) is 16.9. The summed E-state index contributed by atoms with van der Waals surface area (Å²) < 4.78 is 79.3. The van der Waals surface area contributed by atoms with Crippen molar-refractivity contribution in [2.24, 2.45) is 0 Å². The van der Waals surface area contributed by atoms with Crippen LogP contribution in [0.1, 0.15) is 30.7 Å². The van der Waals surface area contributed by atoms with Gasteiger partial charge in [-0.3, -0.25) is 4.98 Å². The number of fused-ring (bicyclic) bond motifs is 1. The van der Waals surface area contributed by atoms with Crippen LogP contribution in [0.2, 0.25) is 0 Å². The average molecular weight is 505 g/mol. The number of hydrogen-bond acceptors (Lipinski definition) is 5. The van der Waals surface area contributed by atoms with Gasteiger partial charge in [0.15, 0.2) is 5.65 Å². The second-order valence-corrected chi connectivity index (χ2v) is 8.36. The average Bonchev–Trinajstić information content (AvgIpc) is 2.81. The number of nitrogens with zero attached hydrogens (tertiary/aromatic N) is 3. The van der Waals surface area contributed by atoms with Gasteiger partial charge in [0, 0.05) is 29.9 Å². The molecular weight excluding hydrogens is 484 g/mol. The molecular formula is C25H21F6N5. The number of aromatic nitrogens is 3. The van der Waals surface area contributed by atoms with Gasteiger partial charge >= 0.3 is 12.4 Å². The second kappa shape index (κ2) is 9.73. The SMILES string of the molecule is CC(C)NCc1cc(Nc2ccc(C(F)(F)F)cc2)c2ccc(-c3ncccc3C(F)(F)F)nc2n1. The molecule has 1 aromatic carbocycles. The topological polar surface area (TPSA) is 62.7 Å². The molecule has 188 valence electrons. The van der Waals surface area contributed by atoms with Crippen LogP contribution in [-0.2, 0) is 18.9 Å². The Kier molecular flexibility index (Phi) is 6.85. The molecule has 0 bridgehead atoms. The van der Waals surface area contributed by atoms with E-state index in [0.717, 1.165) is 18.2 Å². The number of halogens is 6. The van der Waals surface area contributed by atoms with Crippen LogP contribution in [0.5, 0.6) is 0 Å². The van der Waals surface area contributed by atoms with Crippen LogP contribution in [0.25, 0.3) is 22.4 Å². The number of rotatable bonds is 6. The van der Waals surface area contributed by atoms with Crippen LogP contribution in [0.15, 0.2) is 60.8 Å². The molecule has 0 saturated heterocycles. The maximum absolute atomic E-state index is 13.5. The van der Waals surface area contributed by atoms with Gasteiger partial charge < -0.3 is 10.6 Å². The number of benzene rings is 1. The molecule has 4 rings (SSSR count). The van der Waals surface area contributed by atoms with Crippen LogP contribution in [0.4, 0.5) is 37.7 Å². The van der Waals surface area contributed by atoms with Crippen molar-refractivity contribution in [3.63, 3.8) is 0 Å². The Bertz CT molecular complexity index is 1360. The zero-order valence-electron chi connectivity index (χ0n) is 19.2. The molecule has 3 aromatic heterocycles. The number of pyridine rings is 3. The highest BCUT2D eigenvalue weighted by molar-refractivity contribution is 5.92. The molecule has 3 heterocycles. The second-order valence-electron chi connectivity index (χ2n) is 8.36. The smallest absolute Gasteiger partial charge is 0.355 e. The Labute approximate surface area is 202 Å². The van der Waals surface area contributed by atoms with Crippen molar-refractivity contribution in [3.8, 4) is 11.4 Å². The lowest BCUT2D eigenvalue weighted by Crippen LogP contribution is -2.22. The summed E-state index contributed by atoms with van der Waals surface area (Å²) in [5.41, 5.74) is -0.415. The third kappa shape index (κ3) is 5.73. The number of alkyl halides is 6. The van der Waals surface area contributed by atoms with Crippen molar-refractivity contribution in [1.29, 1.82) is 0 Å². The summed E-state index contributed by atoms with van der Waals surface area (Å²) in [5.74, 6) is 0. The molecule has 2 N–H and O–H groups in total. The molecule has 0 saturated carbocycles. The van der Waals surface area contributed by atoms with Crippen LogP contribution in [0.3, 0.4) is 0 Å². The molecule has 0 amide bonds. The Morgan fingerprint density at radius 1 is 0.861 bits per heavy atom. The first-order valence-electron chi connectivity index (χ1n) is 10.9. The first kappa shape index (κ1) is 25.4. The lowest BCUT2D eigenvalue weighted by atomic mass is 10.1. The van der Waals surface area contributed by atoms with Crippen LogP contribution in [-0.4, -0.2) is 21.0 Å². The zero-order chi connectivity index (χ0) is 26.1. The molecule has 0 fully saturated rings. The Hall–Kier alpha value is -3.73. The lowest BCUT2D eigenvalue weighted by molar-refractivity contribution is -0.138. The van der Waals surface area contributed by atoms with Crippen LogP contribution < -0.4 is 10.6 Å². The Morgan fingerprint density at radius 3 is 2.22 bits per heavy atom. The van der Waals surface area contributed by atoms with Crippen LogP contribution in [0, 0.1) is 0 Å². The fraction of sp³-hybridized carbons (Fsp3) is 0.240. The summed E-state index contributed by atoms with van der Waals surface area (Å²) in [6, 6.07) is 11.5. The van der Waals surface area contributed by atoms with E-state index in [1.807, 2.05) is 13.8 Å². The third-order valence-electron chi connectivity index (χ3n) is 5.26. The largest absolute Gasteiger partial charge is 0.418 e. The fourth-order valence-electron chi connectivity index (χ4n) is 3.53. The van der Waals surface area contributed by atoms with Gasteiger partial charge in [-0.05, 0) is 54.6 Å². The van der Waals surface area contributed by atoms with Crippen molar-refractivity contribution >= 4 is 22.4 Å². The summed E-state index contributed by atoms with van der Waals surface area (Å²) in [4.78, 5) is 12.8. The summed E-state index contributed by atoms with van der Waals surface area (Å²) in [6.45, 7) is 4.23. The maximum atomic E-state index is 13.5. The molecule has 0 atom stereocenters. The highest BCUT2D eigenvalue weighted by atomic mass is 19.4. The molecule has 36 heavy (non-hydrogen) atoms. The predicted octanol–water partition coefficient (Wildman–Crippen LogP) is 6.97. The number of anilines is 2. The molecule has 0 aliphatic carbocycles. The molecule has 4 aromatic rings. The normalized spacial score (nSPS) is 12.4. The van der Waals surface area contributed by atoms with E-state index in [0.29, 0.717) is 29.0 Å². The highest BCUT2D eigenvalue weighted by Crippen LogP contribution is 2.36. The van der Waals surface area contributed by atoms with E-state index in [4.69, 9.17) is 0 Å². The highest BCUT2D eigenvalue weighted by Gasteiger charge is 2.34. The minimum absolute atomic E-state index is 0.00243. The zero-order valence-corrected chi connectivity index (χ0v) is 19.2. The lowest BCUT2D eigenvalue weighted by Gasteiger charge is -2.15. The van der Waals surface area contributed by atoms with E-state index in [1.165, 1.54) is 30.5 Å². The first-order valence-corrected chi connectivity index (χ1v) is 10.9. The Morgan fingerprint density at radius 2 is 1.58 bits per heavy atom. The van der Waals surface area contributed by atoms with Gasteiger partial charge in [0.1, 0.15) is 5.69 Å². The summed E-state index contributed by atoms with van der Waals surface area (Å²) in [7, 11) is 0. The van der Waals surface area contributed by atoms with E-state index in [1.54, 1.807) is 12.1 Å². The van der Waals surface area contributed by atoms with E-state index in [2.05, 4.69) is 25.6 Å². The number of nitrogens with one attached hydrogen (secondary N) is 2. The molecule has 11 heteroatoms. The minimum Gasteiger partial charge on any atom is -0.355 e. The van der Waals surface area contributed by atoms with E-state index >= 15 is 0 Å². The minimum atomic E-state index is -4.62. The fourth-order valence-corrected chi connectivity index (χ4v) is 3.53. The summed E-state index contributed by atoms with van der Waals surface area (Å²) in [5, 5.41) is 6.77. The van der Waals surface area contributed by atoms with E-state index in [9.17, 15) is 26.3 Å². The van der Waals surface area contributed by atoms with Gasteiger partial charge in [-0.1, -0.05) is 13.8 Å². The molecule has 0 spiro atoms. The summed E-state index contributed by atoms with van der Waals surface area (Å²) >= 11 is 0. The van der Waals surface area contributed by atoms with E-state index in [-0.39, 0.29) is 23.1 Å². The third-order valence-corrected chi connectivity index (χ3v) is 5.26. The molecule has 0 radical (unpaired) electrons. The summed E-state index contributed by atoms with van der Waals surface area (Å²) in [6.07, 6.45) is -7.82. The van der Waals surface area contributed by atoms with Crippen LogP contribution >= 0.6 is 0 Å². The molecule has 5 nitrogen and oxygen atoms in total. The number of hydrogen-bond donors (Lipinski definition) is 2. The maximum Gasteiger partial charge on any atom is 0.418 e. The standard InChI is InChI=1S/C25H21F6N5/c1-14(2)33-13-17-12-21(34-16-7-5-15(6-8-16)24(26,27)28)18-9-10-20(36-23(18)35-17)22-19(25(29,30)31)4-3-11-32-22/h3-12,14,33H,13H2,1-2H3,(H,34,35,36). The van der Waals surface area contributed by atoms with Gasteiger partial charge in [0.25, 0.3) is 0 Å². The van der Waals surface area contributed by atoms with Gasteiger partial charge in [0.2, 0.25) is 0 Å².